The summed E-state index contributed by atoms with van der Waals surface area (Å²) in [5.74, 6) is 0.948. The molecule has 4 rings (SSSR count). The highest BCUT2D eigenvalue weighted by Crippen LogP contribution is 2.35. The number of furan rings is 1. The molecule has 136 valence electrons. The molecule has 0 saturated carbocycles. The molecule has 0 spiro atoms. The first-order valence-corrected chi connectivity index (χ1v) is 8.63. The average molecular weight is 362 g/mol. The van der Waals surface area contributed by atoms with Crippen molar-refractivity contribution in [3.8, 4) is 11.5 Å². The van der Waals surface area contributed by atoms with E-state index < -0.39 is 5.63 Å². The Morgan fingerprint density at radius 3 is 2.48 bits per heavy atom. The summed E-state index contributed by atoms with van der Waals surface area (Å²) >= 11 is 0. The monoisotopic (exact) mass is 362 g/mol. The first-order valence-electron chi connectivity index (χ1n) is 8.63. The highest BCUT2D eigenvalue weighted by Gasteiger charge is 2.16. The van der Waals surface area contributed by atoms with E-state index in [1.165, 1.54) is 18.2 Å². The summed E-state index contributed by atoms with van der Waals surface area (Å²) in [7, 11) is 0. The zero-order chi connectivity index (χ0) is 19.1. The second-order valence-corrected chi connectivity index (χ2v) is 6.75. The number of aromatic hydroxyl groups is 2. The number of phenolic OH excluding ortho intramolecular Hbond substituents is 2. The highest BCUT2D eigenvalue weighted by molar-refractivity contribution is 5.99. The van der Waals surface area contributed by atoms with Crippen molar-refractivity contribution in [3.63, 3.8) is 0 Å². The summed E-state index contributed by atoms with van der Waals surface area (Å²) in [5, 5.41) is 21.1. The molecule has 0 bridgehead atoms. The molecule has 27 heavy (non-hydrogen) atoms. The van der Waals surface area contributed by atoms with Gasteiger partial charge in [-0.05, 0) is 24.3 Å². The minimum atomic E-state index is -0.402. The lowest BCUT2D eigenvalue weighted by atomic mass is 10.0. The van der Waals surface area contributed by atoms with Crippen LogP contribution in [0.4, 0.5) is 0 Å². The Labute approximate surface area is 154 Å². The van der Waals surface area contributed by atoms with Crippen LogP contribution in [0.15, 0.2) is 56.1 Å². The van der Waals surface area contributed by atoms with Gasteiger partial charge in [-0.3, -0.25) is 0 Å². The lowest BCUT2D eigenvalue weighted by Gasteiger charge is -2.03. The number of hydrogen-bond acceptors (Lipinski definition) is 5. The highest BCUT2D eigenvalue weighted by atomic mass is 16.4. The van der Waals surface area contributed by atoms with Gasteiger partial charge < -0.3 is 19.0 Å². The first kappa shape index (κ1) is 17.0. The van der Waals surface area contributed by atoms with Crippen LogP contribution in [0, 0.1) is 0 Å². The van der Waals surface area contributed by atoms with Crippen LogP contribution < -0.4 is 5.63 Å². The van der Waals surface area contributed by atoms with Crippen molar-refractivity contribution in [2.75, 3.05) is 0 Å². The van der Waals surface area contributed by atoms with E-state index in [0.717, 1.165) is 22.1 Å². The molecule has 0 aliphatic carbocycles. The molecular formula is C22H18O5. The van der Waals surface area contributed by atoms with E-state index in [9.17, 15) is 15.0 Å². The third-order valence-electron chi connectivity index (χ3n) is 4.47. The molecule has 2 N–H and O–H groups in total. The van der Waals surface area contributed by atoms with Crippen molar-refractivity contribution in [2.24, 2.45) is 0 Å². The maximum atomic E-state index is 11.5. The van der Waals surface area contributed by atoms with Crippen LogP contribution in [0.1, 0.15) is 36.7 Å². The van der Waals surface area contributed by atoms with E-state index in [-0.39, 0.29) is 17.4 Å². The van der Waals surface area contributed by atoms with E-state index in [4.69, 9.17) is 8.83 Å². The SMILES string of the molecule is CC(C)c1oc2cc3oc(=O)ccc3cc2c1/C=C\c1ccc(O)cc1O. The van der Waals surface area contributed by atoms with Gasteiger partial charge in [-0.15, -0.1) is 0 Å². The summed E-state index contributed by atoms with van der Waals surface area (Å²) in [6.45, 7) is 4.07. The van der Waals surface area contributed by atoms with Crippen molar-refractivity contribution >= 4 is 34.1 Å². The lowest BCUT2D eigenvalue weighted by molar-refractivity contribution is 0.450. The quantitative estimate of drug-likeness (QED) is 0.487. The van der Waals surface area contributed by atoms with Crippen LogP contribution in [0.25, 0.3) is 34.1 Å². The Bertz CT molecular complexity index is 1240. The van der Waals surface area contributed by atoms with Crippen molar-refractivity contribution in [3.05, 3.63) is 69.8 Å². The van der Waals surface area contributed by atoms with Gasteiger partial charge in [0.1, 0.15) is 28.4 Å². The molecule has 0 radical (unpaired) electrons. The van der Waals surface area contributed by atoms with Gasteiger partial charge in [0.15, 0.2) is 0 Å². The van der Waals surface area contributed by atoms with Crippen LogP contribution in [-0.4, -0.2) is 10.2 Å². The molecule has 5 heteroatoms. The van der Waals surface area contributed by atoms with Gasteiger partial charge in [0, 0.05) is 46.0 Å². The molecule has 4 aromatic rings. The molecule has 0 aliphatic rings. The normalized spacial score (nSPS) is 12.0. The van der Waals surface area contributed by atoms with Gasteiger partial charge in [0.25, 0.3) is 0 Å². The zero-order valence-corrected chi connectivity index (χ0v) is 14.9. The topological polar surface area (TPSA) is 83.8 Å². The third-order valence-corrected chi connectivity index (χ3v) is 4.47. The predicted molar refractivity (Wildman–Crippen MR) is 105 cm³/mol. The number of rotatable bonds is 3. The zero-order valence-electron chi connectivity index (χ0n) is 14.9. The molecule has 0 unspecified atom stereocenters. The molecule has 5 nitrogen and oxygen atoms in total. The smallest absolute Gasteiger partial charge is 0.336 e. The summed E-state index contributed by atoms with van der Waals surface area (Å²) in [5.41, 5.74) is 2.20. The van der Waals surface area contributed by atoms with Crippen molar-refractivity contribution in [1.82, 2.24) is 0 Å². The fourth-order valence-corrected chi connectivity index (χ4v) is 3.14. The minimum Gasteiger partial charge on any atom is -0.508 e. The van der Waals surface area contributed by atoms with E-state index in [2.05, 4.69) is 0 Å². The number of benzene rings is 2. The van der Waals surface area contributed by atoms with E-state index in [1.54, 1.807) is 24.3 Å². The van der Waals surface area contributed by atoms with Gasteiger partial charge in [-0.1, -0.05) is 26.0 Å². The van der Waals surface area contributed by atoms with Crippen LogP contribution >= 0.6 is 0 Å². The molecule has 2 heterocycles. The molecule has 2 aromatic carbocycles. The molecule has 0 aliphatic heterocycles. The van der Waals surface area contributed by atoms with Crippen molar-refractivity contribution in [1.29, 1.82) is 0 Å². The Morgan fingerprint density at radius 2 is 1.74 bits per heavy atom. The Morgan fingerprint density at radius 1 is 0.926 bits per heavy atom. The summed E-state index contributed by atoms with van der Waals surface area (Å²) < 4.78 is 11.3. The molecule has 0 amide bonds. The molecule has 2 aromatic heterocycles. The molecular weight excluding hydrogens is 344 g/mol. The van der Waals surface area contributed by atoms with Crippen LogP contribution in [-0.2, 0) is 0 Å². The van der Waals surface area contributed by atoms with Gasteiger partial charge in [0.2, 0.25) is 0 Å². The molecule has 0 fully saturated rings. The van der Waals surface area contributed by atoms with Crippen LogP contribution in [0.5, 0.6) is 11.5 Å². The summed E-state index contributed by atoms with van der Waals surface area (Å²) in [6, 6.07) is 11.2. The predicted octanol–water partition coefficient (Wildman–Crippen LogP) is 5.24. The maximum absolute atomic E-state index is 11.5. The van der Waals surface area contributed by atoms with Gasteiger partial charge in [0.05, 0.1) is 0 Å². The van der Waals surface area contributed by atoms with Gasteiger partial charge in [-0.25, -0.2) is 4.79 Å². The second-order valence-electron chi connectivity index (χ2n) is 6.75. The largest absolute Gasteiger partial charge is 0.508 e. The standard InChI is InChI=1S/C22H18O5/c1-12(2)22-16(7-4-13-3-6-15(23)10-18(13)24)17-9-14-5-8-21(25)26-19(14)11-20(17)27-22/h3-12,23-24H,1-2H3/b7-4-. The first-order chi connectivity index (χ1) is 12.9. The van der Waals surface area contributed by atoms with Crippen molar-refractivity contribution in [2.45, 2.75) is 19.8 Å². The Kier molecular flexibility index (Phi) is 4.00. The van der Waals surface area contributed by atoms with Crippen molar-refractivity contribution < 1.29 is 19.0 Å². The van der Waals surface area contributed by atoms with Crippen LogP contribution in [0.3, 0.4) is 0 Å². The molecule has 0 saturated heterocycles. The number of hydrogen-bond donors (Lipinski definition) is 2. The van der Waals surface area contributed by atoms with E-state index in [0.29, 0.717) is 16.7 Å². The molecule has 0 atom stereocenters. The number of phenols is 2. The lowest BCUT2D eigenvalue weighted by Crippen LogP contribution is -1.93. The third kappa shape index (κ3) is 3.08. The van der Waals surface area contributed by atoms with E-state index in [1.807, 2.05) is 26.0 Å². The fourth-order valence-electron chi connectivity index (χ4n) is 3.14. The minimum absolute atomic E-state index is 0.00243. The fraction of sp³-hybridized carbons (Fsp3) is 0.136. The van der Waals surface area contributed by atoms with Crippen LogP contribution in [0.2, 0.25) is 0 Å². The number of fused-ring (bicyclic) bond motifs is 2. The maximum Gasteiger partial charge on any atom is 0.336 e. The Balaban J connectivity index is 1.91. The Hall–Kier alpha value is -3.47. The van der Waals surface area contributed by atoms with E-state index >= 15 is 0 Å². The van der Waals surface area contributed by atoms with Gasteiger partial charge >= 0.3 is 5.63 Å². The second kappa shape index (κ2) is 6.36. The van der Waals surface area contributed by atoms with Gasteiger partial charge in [-0.2, -0.15) is 0 Å². The summed E-state index contributed by atoms with van der Waals surface area (Å²) in [6.07, 6.45) is 3.67. The summed E-state index contributed by atoms with van der Waals surface area (Å²) in [4.78, 5) is 11.5. The average Bonchev–Trinajstić information content (AvgIpc) is 2.97.